The van der Waals surface area contributed by atoms with Gasteiger partial charge in [-0.05, 0) is 0 Å². The Morgan fingerprint density at radius 1 is 1.22 bits per heavy atom. The summed E-state index contributed by atoms with van der Waals surface area (Å²) in [6.07, 6.45) is 1.91. The fourth-order valence-corrected chi connectivity index (χ4v) is 3.11. The normalized spacial score (nSPS) is 28.6. The molecule has 2 saturated heterocycles. The zero-order chi connectivity index (χ0) is 15.8. The van der Waals surface area contributed by atoms with Crippen LogP contribution in [0.2, 0.25) is 0 Å². The third-order valence-corrected chi connectivity index (χ3v) is 4.34. The zero-order valence-corrected chi connectivity index (χ0v) is 12.6. The zero-order valence-electron chi connectivity index (χ0n) is 12.6. The maximum absolute atomic E-state index is 9.92. The van der Waals surface area contributed by atoms with Crippen molar-refractivity contribution in [3.05, 3.63) is 12.7 Å². The van der Waals surface area contributed by atoms with Crippen molar-refractivity contribution < 1.29 is 19.7 Å². The van der Waals surface area contributed by atoms with E-state index in [1.807, 2.05) is 0 Å². The van der Waals surface area contributed by atoms with Crippen molar-refractivity contribution in [3.63, 3.8) is 0 Å². The average molecular weight is 321 g/mol. The lowest BCUT2D eigenvalue weighted by Gasteiger charge is -2.27. The molecule has 0 aromatic carbocycles. The first-order chi connectivity index (χ1) is 11.3. The number of morpholine rings is 1. The van der Waals surface area contributed by atoms with E-state index in [9.17, 15) is 10.2 Å². The minimum Gasteiger partial charge on any atom is -0.394 e. The van der Waals surface area contributed by atoms with Crippen molar-refractivity contribution in [2.24, 2.45) is 0 Å². The number of fused-ring (bicyclic) bond motifs is 1. The third kappa shape index (κ3) is 2.55. The lowest BCUT2D eigenvalue weighted by atomic mass is 10.2. The Morgan fingerprint density at radius 3 is 2.78 bits per heavy atom. The molecule has 124 valence electrons. The molecular weight excluding hydrogens is 302 g/mol. The van der Waals surface area contributed by atoms with Gasteiger partial charge in [-0.2, -0.15) is 0 Å². The molecule has 2 N–H and O–H groups in total. The van der Waals surface area contributed by atoms with Gasteiger partial charge < -0.3 is 24.6 Å². The second-order valence-electron chi connectivity index (χ2n) is 5.74. The molecule has 4 rings (SSSR count). The van der Waals surface area contributed by atoms with E-state index in [-0.39, 0.29) is 12.8 Å². The van der Waals surface area contributed by atoms with Crippen LogP contribution in [0.1, 0.15) is 12.6 Å². The van der Waals surface area contributed by atoms with Crippen molar-refractivity contribution in [3.8, 4) is 0 Å². The maximum Gasteiger partial charge on any atom is 0.167 e. The van der Waals surface area contributed by atoms with E-state index in [1.165, 1.54) is 6.33 Å². The van der Waals surface area contributed by atoms with Gasteiger partial charge in [-0.15, -0.1) is 0 Å². The molecule has 0 radical (unpaired) electrons. The molecule has 2 aliphatic rings. The van der Waals surface area contributed by atoms with Crippen LogP contribution in [-0.2, 0) is 9.47 Å². The van der Waals surface area contributed by atoms with Gasteiger partial charge in [-0.25, -0.2) is 15.0 Å². The summed E-state index contributed by atoms with van der Waals surface area (Å²) in [6, 6.07) is 0. The van der Waals surface area contributed by atoms with E-state index in [1.54, 1.807) is 10.9 Å². The molecule has 2 aliphatic heterocycles. The molecule has 3 atom stereocenters. The van der Waals surface area contributed by atoms with Crippen LogP contribution in [-0.4, -0.2) is 74.9 Å². The largest absolute Gasteiger partial charge is 0.394 e. The Bertz CT molecular complexity index is 687. The average Bonchev–Trinajstić information content (AvgIpc) is 3.18. The second-order valence-corrected chi connectivity index (χ2v) is 5.74. The summed E-state index contributed by atoms with van der Waals surface area (Å²) in [5, 5.41) is 19.1. The van der Waals surface area contributed by atoms with Gasteiger partial charge in [-0.3, -0.25) is 4.57 Å². The molecule has 4 heterocycles. The van der Waals surface area contributed by atoms with Crippen LogP contribution >= 0.6 is 0 Å². The van der Waals surface area contributed by atoms with Crippen molar-refractivity contribution in [1.29, 1.82) is 0 Å². The maximum atomic E-state index is 9.92. The van der Waals surface area contributed by atoms with E-state index in [0.717, 1.165) is 18.9 Å². The van der Waals surface area contributed by atoms with E-state index in [0.29, 0.717) is 30.8 Å². The molecule has 23 heavy (non-hydrogen) atoms. The number of rotatable bonds is 3. The minimum atomic E-state index is -0.692. The number of aliphatic hydroxyl groups excluding tert-OH is 2. The predicted molar refractivity (Wildman–Crippen MR) is 80.0 cm³/mol. The molecule has 0 saturated carbocycles. The molecule has 3 unspecified atom stereocenters. The predicted octanol–water partition coefficient (Wildman–Crippen LogP) is -0.696. The van der Waals surface area contributed by atoms with Crippen LogP contribution in [0.3, 0.4) is 0 Å². The summed E-state index contributed by atoms with van der Waals surface area (Å²) in [6.45, 7) is 2.66. The summed E-state index contributed by atoms with van der Waals surface area (Å²) in [7, 11) is 0. The van der Waals surface area contributed by atoms with Crippen molar-refractivity contribution in [2.75, 3.05) is 37.8 Å². The van der Waals surface area contributed by atoms with Crippen LogP contribution in [0.4, 0.5) is 5.82 Å². The Morgan fingerprint density at radius 2 is 2.04 bits per heavy atom. The molecule has 0 aliphatic carbocycles. The Kier molecular flexibility index (Phi) is 3.85. The monoisotopic (exact) mass is 321 g/mol. The van der Waals surface area contributed by atoms with Gasteiger partial charge in [0.05, 0.1) is 32.3 Å². The molecule has 0 spiro atoms. The number of hydrogen-bond acceptors (Lipinski definition) is 8. The van der Waals surface area contributed by atoms with Crippen molar-refractivity contribution in [1.82, 2.24) is 19.5 Å². The fraction of sp³-hybridized carbons (Fsp3) is 0.643. The van der Waals surface area contributed by atoms with Crippen LogP contribution in [0.15, 0.2) is 12.7 Å². The van der Waals surface area contributed by atoms with E-state index >= 15 is 0 Å². The van der Waals surface area contributed by atoms with Gasteiger partial charge in [0.1, 0.15) is 18.7 Å². The van der Waals surface area contributed by atoms with Crippen molar-refractivity contribution in [2.45, 2.75) is 24.9 Å². The molecule has 0 amide bonds. The molecule has 2 aromatic heterocycles. The number of hydrogen-bond donors (Lipinski definition) is 2. The topological polar surface area (TPSA) is 106 Å². The van der Waals surface area contributed by atoms with Crippen LogP contribution in [0.5, 0.6) is 0 Å². The highest BCUT2D eigenvalue weighted by Crippen LogP contribution is 2.32. The highest BCUT2D eigenvalue weighted by Gasteiger charge is 2.35. The first kappa shape index (κ1) is 14.8. The van der Waals surface area contributed by atoms with Gasteiger partial charge in [0.25, 0.3) is 0 Å². The quantitative estimate of drug-likeness (QED) is 0.765. The Balaban J connectivity index is 1.68. The smallest absolute Gasteiger partial charge is 0.167 e. The minimum absolute atomic E-state index is 0.210. The first-order valence-corrected chi connectivity index (χ1v) is 7.72. The highest BCUT2D eigenvalue weighted by molar-refractivity contribution is 5.83. The standard InChI is InChI=1S/C14H19N5O4/c20-6-10-9(21)5-11(23-10)19-8-17-12-13(15-7-16-14(12)19)18-1-3-22-4-2-18/h7-11,20-21H,1-6H2. The van der Waals surface area contributed by atoms with Crippen molar-refractivity contribution >= 4 is 17.0 Å². The van der Waals surface area contributed by atoms with Crippen LogP contribution < -0.4 is 4.90 Å². The van der Waals surface area contributed by atoms with Gasteiger partial charge >= 0.3 is 0 Å². The molecule has 0 bridgehead atoms. The number of imidazole rings is 1. The number of nitrogens with zero attached hydrogens (tertiary/aromatic N) is 5. The molecular formula is C14H19N5O4. The summed E-state index contributed by atoms with van der Waals surface area (Å²) in [5.41, 5.74) is 1.37. The lowest BCUT2D eigenvalue weighted by molar-refractivity contribution is -0.0432. The highest BCUT2D eigenvalue weighted by atomic mass is 16.5. The number of anilines is 1. The lowest BCUT2D eigenvalue weighted by Crippen LogP contribution is -2.37. The fourth-order valence-electron chi connectivity index (χ4n) is 3.11. The SMILES string of the molecule is OCC1OC(n2cnc3c(N4CCOCC4)ncnc32)CC1O. The van der Waals surface area contributed by atoms with Crippen LogP contribution in [0.25, 0.3) is 11.2 Å². The van der Waals surface area contributed by atoms with Gasteiger partial charge in [0.2, 0.25) is 0 Å². The second kappa shape index (κ2) is 6.00. The Hall–Kier alpha value is -1.81. The molecule has 2 fully saturated rings. The Labute approximate surface area is 132 Å². The van der Waals surface area contributed by atoms with E-state index < -0.39 is 12.2 Å². The first-order valence-electron chi connectivity index (χ1n) is 7.72. The van der Waals surface area contributed by atoms with E-state index in [4.69, 9.17) is 9.47 Å². The van der Waals surface area contributed by atoms with Gasteiger partial charge in [0.15, 0.2) is 17.0 Å². The van der Waals surface area contributed by atoms with E-state index in [2.05, 4.69) is 19.9 Å². The molecule has 2 aromatic rings. The third-order valence-electron chi connectivity index (χ3n) is 4.34. The summed E-state index contributed by atoms with van der Waals surface area (Å²) < 4.78 is 12.9. The number of aliphatic hydroxyl groups is 2. The van der Waals surface area contributed by atoms with Gasteiger partial charge in [0, 0.05) is 19.5 Å². The van der Waals surface area contributed by atoms with Crippen LogP contribution in [0, 0.1) is 0 Å². The summed E-state index contributed by atoms with van der Waals surface area (Å²) in [5.74, 6) is 0.786. The number of ether oxygens (including phenoxy) is 2. The summed E-state index contributed by atoms with van der Waals surface area (Å²) in [4.78, 5) is 15.3. The number of aromatic nitrogens is 4. The summed E-state index contributed by atoms with van der Waals surface area (Å²) >= 11 is 0. The van der Waals surface area contributed by atoms with Gasteiger partial charge in [-0.1, -0.05) is 0 Å². The molecule has 9 heteroatoms. The molecule has 9 nitrogen and oxygen atoms in total.